The summed E-state index contributed by atoms with van der Waals surface area (Å²) in [6.45, 7) is 5.99. The average Bonchev–Trinajstić information content (AvgIpc) is 2.54. The molecule has 1 heterocycles. The first-order valence-electron chi connectivity index (χ1n) is 7.85. The second kappa shape index (κ2) is 8.07. The molecule has 1 aromatic rings. The van der Waals surface area contributed by atoms with Crippen molar-refractivity contribution in [3.63, 3.8) is 0 Å². The summed E-state index contributed by atoms with van der Waals surface area (Å²) in [6.07, 6.45) is 3.93. The standard InChI is InChI=1S/C18H26N2O/c1-3-15-8-11-20(12-9-15)14-17-13-16(5-4-10-19)6-7-18(17)21-2/h6-7,13,15H,3,8-12,14,19H2,1-2H3. The van der Waals surface area contributed by atoms with E-state index in [1.165, 1.54) is 37.9 Å². The summed E-state index contributed by atoms with van der Waals surface area (Å²) < 4.78 is 5.49. The van der Waals surface area contributed by atoms with Gasteiger partial charge in [0.1, 0.15) is 5.75 Å². The van der Waals surface area contributed by atoms with E-state index in [1.807, 2.05) is 12.1 Å². The van der Waals surface area contributed by atoms with E-state index < -0.39 is 0 Å². The Labute approximate surface area is 128 Å². The monoisotopic (exact) mass is 286 g/mol. The zero-order chi connectivity index (χ0) is 15.1. The maximum atomic E-state index is 5.49. The molecule has 2 rings (SSSR count). The fraction of sp³-hybridized carbons (Fsp3) is 0.556. The summed E-state index contributed by atoms with van der Waals surface area (Å²) in [7, 11) is 1.73. The molecule has 3 nitrogen and oxygen atoms in total. The molecular formula is C18H26N2O. The number of piperidine rings is 1. The van der Waals surface area contributed by atoms with Gasteiger partial charge in [-0.3, -0.25) is 4.90 Å². The molecule has 21 heavy (non-hydrogen) atoms. The van der Waals surface area contributed by atoms with E-state index in [0.717, 1.165) is 23.8 Å². The van der Waals surface area contributed by atoms with E-state index in [-0.39, 0.29) is 0 Å². The van der Waals surface area contributed by atoms with Crippen LogP contribution in [0.4, 0.5) is 0 Å². The third-order valence-corrected chi connectivity index (χ3v) is 4.29. The predicted octanol–water partition coefficient (Wildman–Crippen LogP) is 2.63. The summed E-state index contributed by atoms with van der Waals surface area (Å²) in [5.41, 5.74) is 7.67. The van der Waals surface area contributed by atoms with E-state index in [4.69, 9.17) is 10.5 Å². The van der Waals surface area contributed by atoms with Crippen LogP contribution in [0.25, 0.3) is 0 Å². The molecular weight excluding hydrogens is 260 g/mol. The van der Waals surface area contributed by atoms with E-state index in [2.05, 4.69) is 29.7 Å². The molecule has 1 aliphatic rings. The van der Waals surface area contributed by atoms with Gasteiger partial charge in [-0.15, -0.1) is 0 Å². The second-order valence-corrected chi connectivity index (χ2v) is 5.66. The Bertz CT molecular complexity index is 508. The Morgan fingerprint density at radius 3 is 2.71 bits per heavy atom. The van der Waals surface area contributed by atoms with E-state index in [9.17, 15) is 0 Å². The number of hydrogen-bond acceptors (Lipinski definition) is 3. The van der Waals surface area contributed by atoms with E-state index >= 15 is 0 Å². The first-order valence-corrected chi connectivity index (χ1v) is 7.85. The number of ether oxygens (including phenoxy) is 1. The molecule has 0 amide bonds. The zero-order valence-electron chi connectivity index (χ0n) is 13.2. The highest BCUT2D eigenvalue weighted by Crippen LogP contribution is 2.25. The smallest absolute Gasteiger partial charge is 0.123 e. The van der Waals surface area contributed by atoms with Gasteiger partial charge in [0.25, 0.3) is 0 Å². The molecule has 2 N–H and O–H groups in total. The lowest BCUT2D eigenvalue weighted by molar-refractivity contribution is 0.173. The van der Waals surface area contributed by atoms with E-state index in [1.54, 1.807) is 7.11 Å². The SMILES string of the molecule is CCC1CCN(Cc2cc(C#CCN)ccc2OC)CC1. The summed E-state index contributed by atoms with van der Waals surface area (Å²) in [5.74, 6) is 7.87. The number of hydrogen-bond donors (Lipinski definition) is 1. The highest BCUT2D eigenvalue weighted by Gasteiger charge is 2.18. The van der Waals surface area contributed by atoms with Crippen LogP contribution in [0.3, 0.4) is 0 Å². The summed E-state index contributed by atoms with van der Waals surface area (Å²) in [4.78, 5) is 2.52. The number of benzene rings is 1. The van der Waals surface area contributed by atoms with Crippen LogP contribution in [0.1, 0.15) is 37.3 Å². The maximum Gasteiger partial charge on any atom is 0.123 e. The number of likely N-dealkylation sites (tertiary alicyclic amines) is 1. The van der Waals surface area contributed by atoms with Crippen molar-refractivity contribution in [2.75, 3.05) is 26.7 Å². The minimum absolute atomic E-state index is 0.395. The quantitative estimate of drug-likeness (QED) is 0.865. The van der Waals surface area contributed by atoms with Crippen LogP contribution in [0.2, 0.25) is 0 Å². The van der Waals surface area contributed by atoms with Gasteiger partial charge < -0.3 is 10.5 Å². The lowest BCUT2D eigenvalue weighted by Crippen LogP contribution is -2.33. The Hall–Kier alpha value is -1.50. The van der Waals surface area contributed by atoms with Crippen molar-refractivity contribution in [1.29, 1.82) is 0 Å². The van der Waals surface area contributed by atoms with Crippen molar-refractivity contribution in [2.24, 2.45) is 11.7 Å². The van der Waals surface area contributed by atoms with Crippen molar-refractivity contribution in [2.45, 2.75) is 32.7 Å². The van der Waals surface area contributed by atoms with Gasteiger partial charge in [-0.05, 0) is 50.0 Å². The van der Waals surface area contributed by atoms with Crippen LogP contribution in [0.15, 0.2) is 18.2 Å². The molecule has 0 atom stereocenters. The predicted molar refractivity (Wildman–Crippen MR) is 87.2 cm³/mol. The highest BCUT2D eigenvalue weighted by molar-refractivity contribution is 5.44. The van der Waals surface area contributed by atoms with Gasteiger partial charge in [0.15, 0.2) is 0 Å². The fourth-order valence-electron chi connectivity index (χ4n) is 2.93. The molecule has 114 valence electrons. The summed E-state index contributed by atoms with van der Waals surface area (Å²) in [5, 5.41) is 0. The van der Waals surface area contributed by atoms with Gasteiger partial charge >= 0.3 is 0 Å². The minimum Gasteiger partial charge on any atom is -0.496 e. The topological polar surface area (TPSA) is 38.5 Å². The fourth-order valence-corrected chi connectivity index (χ4v) is 2.93. The van der Waals surface area contributed by atoms with Crippen LogP contribution >= 0.6 is 0 Å². The Balaban J connectivity index is 2.07. The maximum absolute atomic E-state index is 5.49. The van der Waals surface area contributed by atoms with Crippen molar-refractivity contribution >= 4 is 0 Å². The third-order valence-electron chi connectivity index (χ3n) is 4.29. The van der Waals surface area contributed by atoms with Gasteiger partial charge in [0.2, 0.25) is 0 Å². The molecule has 0 radical (unpaired) electrons. The van der Waals surface area contributed by atoms with E-state index in [0.29, 0.717) is 6.54 Å². The van der Waals surface area contributed by atoms with Gasteiger partial charge in [-0.1, -0.05) is 25.2 Å². The molecule has 1 aromatic carbocycles. The van der Waals surface area contributed by atoms with Crippen LogP contribution in [0, 0.1) is 17.8 Å². The van der Waals surface area contributed by atoms with Crippen molar-refractivity contribution in [3.05, 3.63) is 29.3 Å². The molecule has 1 fully saturated rings. The molecule has 0 bridgehead atoms. The normalized spacial score (nSPS) is 16.3. The van der Waals surface area contributed by atoms with Crippen molar-refractivity contribution in [1.82, 2.24) is 4.90 Å². The number of nitrogens with two attached hydrogens (primary N) is 1. The molecule has 3 heteroatoms. The molecule has 0 spiro atoms. The lowest BCUT2D eigenvalue weighted by Gasteiger charge is -2.31. The minimum atomic E-state index is 0.395. The first kappa shape index (κ1) is 15.9. The Kier molecular flexibility index (Phi) is 6.10. The van der Waals surface area contributed by atoms with Crippen LogP contribution in [0.5, 0.6) is 5.75 Å². The molecule has 0 aliphatic carbocycles. The zero-order valence-corrected chi connectivity index (χ0v) is 13.2. The first-order chi connectivity index (χ1) is 10.3. The third kappa shape index (κ3) is 4.49. The molecule has 0 unspecified atom stereocenters. The summed E-state index contributed by atoms with van der Waals surface area (Å²) in [6, 6.07) is 6.14. The van der Waals surface area contributed by atoms with Gasteiger partial charge in [0, 0.05) is 17.7 Å². The van der Waals surface area contributed by atoms with Gasteiger partial charge in [0.05, 0.1) is 13.7 Å². The largest absolute Gasteiger partial charge is 0.496 e. The van der Waals surface area contributed by atoms with Gasteiger partial charge in [-0.25, -0.2) is 0 Å². The van der Waals surface area contributed by atoms with Gasteiger partial charge in [-0.2, -0.15) is 0 Å². The number of rotatable bonds is 4. The average molecular weight is 286 g/mol. The van der Waals surface area contributed by atoms with Crippen LogP contribution in [-0.4, -0.2) is 31.6 Å². The summed E-state index contributed by atoms with van der Waals surface area (Å²) >= 11 is 0. The second-order valence-electron chi connectivity index (χ2n) is 5.66. The number of methoxy groups -OCH3 is 1. The molecule has 0 aromatic heterocycles. The number of nitrogens with zero attached hydrogens (tertiary/aromatic N) is 1. The Morgan fingerprint density at radius 2 is 2.10 bits per heavy atom. The molecule has 0 saturated carbocycles. The highest BCUT2D eigenvalue weighted by atomic mass is 16.5. The van der Waals surface area contributed by atoms with Crippen LogP contribution in [-0.2, 0) is 6.54 Å². The van der Waals surface area contributed by atoms with Crippen LogP contribution < -0.4 is 10.5 Å². The van der Waals surface area contributed by atoms with Crippen molar-refractivity contribution in [3.8, 4) is 17.6 Å². The molecule has 1 saturated heterocycles. The lowest BCUT2D eigenvalue weighted by atomic mass is 9.94. The molecule has 1 aliphatic heterocycles. The van der Waals surface area contributed by atoms with Crippen molar-refractivity contribution < 1.29 is 4.74 Å². The Morgan fingerprint density at radius 1 is 1.33 bits per heavy atom.